The van der Waals surface area contributed by atoms with Crippen molar-refractivity contribution in [3.8, 4) is 0 Å². The lowest BCUT2D eigenvalue weighted by Gasteiger charge is -2.36. The van der Waals surface area contributed by atoms with Gasteiger partial charge in [-0.05, 0) is 30.7 Å². The molecule has 1 aromatic rings. The van der Waals surface area contributed by atoms with Crippen molar-refractivity contribution >= 4 is 11.3 Å². The minimum Gasteiger partial charge on any atom is -0.306 e. The van der Waals surface area contributed by atoms with E-state index in [2.05, 4.69) is 12.2 Å². The van der Waals surface area contributed by atoms with E-state index >= 15 is 0 Å². The molecule has 1 N–H and O–H groups in total. The first-order valence-electron chi connectivity index (χ1n) is 7.38. The van der Waals surface area contributed by atoms with Gasteiger partial charge in [0.25, 0.3) is 0 Å². The van der Waals surface area contributed by atoms with Gasteiger partial charge in [-0.3, -0.25) is 0 Å². The van der Waals surface area contributed by atoms with Gasteiger partial charge in [0.15, 0.2) is 0 Å². The van der Waals surface area contributed by atoms with Crippen molar-refractivity contribution in [2.45, 2.75) is 63.7 Å². The Kier molecular flexibility index (Phi) is 5.49. The fourth-order valence-corrected chi connectivity index (χ4v) is 3.89. The van der Waals surface area contributed by atoms with Gasteiger partial charge < -0.3 is 5.32 Å². The predicted octanol–water partition coefficient (Wildman–Crippen LogP) is 5.30. The van der Waals surface area contributed by atoms with Gasteiger partial charge in [-0.15, -0.1) is 11.3 Å². The average molecular weight is 305 g/mol. The molecule has 0 radical (unpaired) electrons. The van der Waals surface area contributed by atoms with Crippen LogP contribution in [0.15, 0.2) is 17.5 Å². The SMILES string of the molecule is CCCC(NC1CCCCC1C(F)(F)F)c1cccs1. The van der Waals surface area contributed by atoms with Crippen molar-refractivity contribution in [1.29, 1.82) is 0 Å². The zero-order valence-electron chi connectivity index (χ0n) is 11.7. The van der Waals surface area contributed by atoms with Gasteiger partial charge in [0.05, 0.1) is 5.92 Å². The lowest BCUT2D eigenvalue weighted by Crippen LogP contribution is -2.46. The number of thiophene rings is 1. The molecule has 3 unspecified atom stereocenters. The topological polar surface area (TPSA) is 12.0 Å². The predicted molar refractivity (Wildman–Crippen MR) is 76.9 cm³/mol. The highest BCUT2D eigenvalue weighted by molar-refractivity contribution is 7.10. The molecular formula is C15H22F3NS. The van der Waals surface area contributed by atoms with Crippen LogP contribution in [0.3, 0.4) is 0 Å². The summed E-state index contributed by atoms with van der Waals surface area (Å²) in [6.45, 7) is 2.07. The Morgan fingerprint density at radius 3 is 2.70 bits per heavy atom. The summed E-state index contributed by atoms with van der Waals surface area (Å²) in [5.41, 5.74) is 0. The molecule has 1 nitrogen and oxygen atoms in total. The maximum Gasteiger partial charge on any atom is 0.393 e. The summed E-state index contributed by atoms with van der Waals surface area (Å²) >= 11 is 1.62. The number of nitrogens with one attached hydrogen (secondary N) is 1. The molecule has 1 fully saturated rings. The first kappa shape index (κ1) is 15.8. The third kappa shape index (κ3) is 3.98. The standard InChI is InChI=1S/C15H22F3NS/c1-2-6-13(14-9-5-10-20-14)19-12-8-4-3-7-11(12)15(16,17)18/h5,9-13,19H,2-4,6-8H2,1H3. The fraction of sp³-hybridized carbons (Fsp3) is 0.733. The van der Waals surface area contributed by atoms with Crippen LogP contribution >= 0.6 is 11.3 Å². The molecule has 1 aliphatic rings. The molecule has 2 rings (SSSR count). The summed E-state index contributed by atoms with van der Waals surface area (Å²) in [6.07, 6.45) is 0.276. The van der Waals surface area contributed by atoms with Crippen molar-refractivity contribution in [3.63, 3.8) is 0 Å². The van der Waals surface area contributed by atoms with Crippen LogP contribution in [0.5, 0.6) is 0 Å². The van der Waals surface area contributed by atoms with Crippen molar-refractivity contribution in [1.82, 2.24) is 5.32 Å². The second-order valence-corrected chi connectivity index (χ2v) is 6.54. The molecule has 0 aliphatic heterocycles. The molecule has 1 aliphatic carbocycles. The summed E-state index contributed by atoms with van der Waals surface area (Å²) < 4.78 is 39.4. The number of hydrogen-bond acceptors (Lipinski definition) is 2. The van der Waals surface area contributed by atoms with Crippen molar-refractivity contribution in [2.24, 2.45) is 5.92 Å². The van der Waals surface area contributed by atoms with Gasteiger partial charge in [0, 0.05) is 17.0 Å². The Bertz CT molecular complexity index is 388. The zero-order valence-corrected chi connectivity index (χ0v) is 12.6. The van der Waals surface area contributed by atoms with E-state index < -0.39 is 18.1 Å². The van der Waals surface area contributed by atoms with E-state index in [-0.39, 0.29) is 12.5 Å². The van der Waals surface area contributed by atoms with E-state index in [1.54, 1.807) is 11.3 Å². The number of alkyl halides is 3. The van der Waals surface area contributed by atoms with Gasteiger partial charge in [-0.2, -0.15) is 13.2 Å². The highest BCUT2D eigenvalue weighted by atomic mass is 32.1. The van der Waals surface area contributed by atoms with Crippen molar-refractivity contribution < 1.29 is 13.2 Å². The van der Waals surface area contributed by atoms with Gasteiger partial charge in [-0.25, -0.2) is 0 Å². The largest absolute Gasteiger partial charge is 0.393 e. The molecule has 0 spiro atoms. The normalized spacial score (nSPS) is 25.6. The number of hydrogen-bond donors (Lipinski definition) is 1. The van der Waals surface area contributed by atoms with Gasteiger partial charge >= 0.3 is 6.18 Å². The highest BCUT2D eigenvalue weighted by Gasteiger charge is 2.45. The highest BCUT2D eigenvalue weighted by Crippen LogP contribution is 2.39. The Morgan fingerprint density at radius 1 is 1.35 bits per heavy atom. The first-order chi connectivity index (χ1) is 9.52. The third-order valence-electron chi connectivity index (χ3n) is 4.07. The van der Waals surface area contributed by atoms with E-state index in [4.69, 9.17) is 0 Å². The minimum absolute atomic E-state index is 0.0629. The summed E-state index contributed by atoms with van der Waals surface area (Å²) in [5, 5.41) is 5.29. The maximum atomic E-state index is 13.1. The Balaban J connectivity index is 2.07. The van der Waals surface area contributed by atoms with Crippen molar-refractivity contribution in [2.75, 3.05) is 0 Å². The Morgan fingerprint density at radius 2 is 2.10 bits per heavy atom. The molecule has 0 saturated heterocycles. The average Bonchev–Trinajstić information content (AvgIpc) is 2.91. The minimum atomic E-state index is -4.08. The van der Waals surface area contributed by atoms with Crippen molar-refractivity contribution in [3.05, 3.63) is 22.4 Å². The van der Waals surface area contributed by atoms with Gasteiger partial charge in [-0.1, -0.05) is 32.3 Å². The van der Waals surface area contributed by atoms with E-state index in [0.717, 1.165) is 24.1 Å². The lowest BCUT2D eigenvalue weighted by molar-refractivity contribution is -0.189. The van der Waals surface area contributed by atoms with E-state index in [1.807, 2.05) is 17.5 Å². The molecule has 0 bridgehead atoms. The molecule has 114 valence electrons. The molecule has 20 heavy (non-hydrogen) atoms. The van der Waals surface area contributed by atoms with Crippen LogP contribution in [0, 0.1) is 5.92 Å². The van der Waals surface area contributed by atoms with Crippen LogP contribution in [0.1, 0.15) is 56.4 Å². The molecule has 5 heteroatoms. The summed E-state index contributed by atoms with van der Waals surface area (Å²) in [6, 6.07) is 3.62. The van der Waals surface area contributed by atoms with Gasteiger partial charge in [0.1, 0.15) is 0 Å². The fourth-order valence-electron chi connectivity index (χ4n) is 3.07. The second kappa shape index (κ2) is 6.94. The zero-order chi connectivity index (χ0) is 14.6. The van der Waals surface area contributed by atoms with Crippen LogP contribution in [-0.4, -0.2) is 12.2 Å². The summed E-state index contributed by atoms with van der Waals surface area (Å²) in [4.78, 5) is 1.15. The summed E-state index contributed by atoms with van der Waals surface area (Å²) in [7, 11) is 0. The smallest absolute Gasteiger partial charge is 0.306 e. The van der Waals surface area contributed by atoms with Crippen LogP contribution in [0.25, 0.3) is 0 Å². The van der Waals surface area contributed by atoms with Crippen LogP contribution in [0.2, 0.25) is 0 Å². The molecule has 0 amide bonds. The Hall–Kier alpha value is -0.550. The number of rotatable bonds is 5. The molecule has 1 aromatic heterocycles. The maximum absolute atomic E-state index is 13.1. The van der Waals surface area contributed by atoms with Crippen LogP contribution in [0.4, 0.5) is 13.2 Å². The summed E-state index contributed by atoms with van der Waals surface area (Å²) in [5.74, 6) is -1.18. The monoisotopic (exact) mass is 305 g/mol. The lowest BCUT2D eigenvalue weighted by atomic mass is 9.83. The molecule has 3 atom stereocenters. The second-order valence-electron chi connectivity index (χ2n) is 5.56. The van der Waals surface area contributed by atoms with Gasteiger partial charge in [0.2, 0.25) is 0 Å². The first-order valence-corrected chi connectivity index (χ1v) is 8.26. The molecule has 1 saturated carbocycles. The molecule has 1 heterocycles. The number of halogens is 3. The van der Waals surface area contributed by atoms with E-state index in [0.29, 0.717) is 12.8 Å². The quantitative estimate of drug-likeness (QED) is 0.778. The van der Waals surface area contributed by atoms with E-state index in [9.17, 15) is 13.2 Å². The Labute approximate surface area is 122 Å². The van der Waals surface area contributed by atoms with E-state index in [1.165, 1.54) is 0 Å². The van der Waals surface area contributed by atoms with Crippen LogP contribution < -0.4 is 5.32 Å². The van der Waals surface area contributed by atoms with Crippen LogP contribution in [-0.2, 0) is 0 Å². The third-order valence-corrected chi connectivity index (χ3v) is 5.05. The molecule has 0 aromatic carbocycles. The molecular weight excluding hydrogens is 283 g/mol.